The van der Waals surface area contributed by atoms with Crippen molar-refractivity contribution in [3.63, 3.8) is 0 Å². The molecule has 108 valence electrons. The van der Waals surface area contributed by atoms with Crippen molar-refractivity contribution < 1.29 is 17.7 Å². The summed E-state index contributed by atoms with van der Waals surface area (Å²) in [6, 6.07) is 0. The summed E-state index contributed by atoms with van der Waals surface area (Å²) in [6.07, 6.45) is -0.879. The third-order valence-electron chi connectivity index (χ3n) is 3.76. The normalized spacial score (nSPS) is 19.1. The number of rotatable bonds is 3. The van der Waals surface area contributed by atoms with Crippen LogP contribution < -0.4 is 0 Å². The highest BCUT2D eigenvalue weighted by molar-refractivity contribution is 5.23. The summed E-state index contributed by atoms with van der Waals surface area (Å²) in [7, 11) is 1.76. The Kier molecular flexibility index (Phi) is 2.67. The summed E-state index contributed by atoms with van der Waals surface area (Å²) >= 11 is 0. The van der Waals surface area contributed by atoms with Crippen molar-refractivity contribution in [2.75, 3.05) is 0 Å². The minimum absolute atomic E-state index is 0.0246. The van der Waals surface area contributed by atoms with Gasteiger partial charge in [-0.1, -0.05) is 5.16 Å². The van der Waals surface area contributed by atoms with Crippen LogP contribution in [0.1, 0.15) is 43.0 Å². The van der Waals surface area contributed by atoms with E-state index in [4.69, 9.17) is 4.52 Å². The summed E-state index contributed by atoms with van der Waals surface area (Å²) in [5.41, 5.74) is -1.08. The smallest absolute Gasteiger partial charge is 0.339 e. The third-order valence-corrected chi connectivity index (χ3v) is 3.76. The zero-order valence-electron chi connectivity index (χ0n) is 11.0. The SMILES string of the molecule is CC(c1cnn(C)c1)c1nc(C2(C(F)(F)F)CC2)no1. The molecule has 0 bridgehead atoms. The van der Waals surface area contributed by atoms with E-state index in [0.29, 0.717) is 0 Å². The van der Waals surface area contributed by atoms with Crippen LogP contribution in [0, 0.1) is 0 Å². The quantitative estimate of drug-likeness (QED) is 0.870. The van der Waals surface area contributed by atoms with Crippen LogP contribution in [0.15, 0.2) is 16.9 Å². The Hall–Kier alpha value is -1.86. The molecule has 0 radical (unpaired) electrons. The molecule has 1 aliphatic rings. The van der Waals surface area contributed by atoms with Crippen LogP contribution in [0.4, 0.5) is 13.2 Å². The van der Waals surface area contributed by atoms with Gasteiger partial charge in [-0.05, 0) is 19.8 Å². The van der Waals surface area contributed by atoms with Crippen LogP contribution in [-0.4, -0.2) is 26.1 Å². The topological polar surface area (TPSA) is 56.7 Å². The molecule has 1 unspecified atom stereocenters. The molecule has 0 N–H and O–H groups in total. The third kappa shape index (κ3) is 1.90. The van der Waals surface area contributed by atoms with Gasteiger partial charge in [0.2, 0.25) is 5.89 Å². The number of aryl methyl sites for hydroxylation is 1. The lowest BCUT2D eigenvalue weighted by Gasteiger charge is -2.14. The first kappa shape index (κ1) is 13.1. The van der Waals surface area contributed by atoms with Gasteiger partial charge in [-0.3, -0.25) is 4.68 Å². The van der Waals surface area contributed by atoms with E-state index in [0.717, 1.165) is 5.56 Å². The van der Waals surface area contributed by atoms with Crippen molar-refractivity contribution in [2.24, 2.45) is 7.05 Å². The van der Waals surface area contributed by atoms with E-state index in [9.17, 15) is 13.2 Å². The first-order valence-electron chi connectivity index (χ1n) is 6.23. The molecule has 0 aromatic carbocycles. The summed E-state index contributed by atoms with van der Waals surface area (Å²) in [6.45, 7) is 1.79. The highest BCUT2D eigenvalue weighted by Crippen LogP contribution is 2.57. The molecule has 0 amide bonds. The van der Waals surface area contributed by atoms with Gasteiger partial charge in [0.15, 0.2) is 5.82 Å². The maximum Gasteiger partial charge on any atom is 0.401 e. The molecule has 8 heteroatoms. The van der Waals surface area contributed by atoms with Crippen molar-refractivity contribution in [3.8, 4) is 0 Å². The molecule has 1 aliphatic carbocycles. The Morgan fingerprint density at radius 1 is 1.40 bits per heavy atom. The first-order chi connectivity index (χ1) is 9.33. The van der Waals surface area contributed by atoms with E-state index in [1.807, 2.05) is 0 Å². The molecule has 20 heavy (non-hydrogen) atoms. The molecule has 3 rings (SSSR count). The van der Waals surface area contributed by atoms with Crippen LogP contribution in [0.3, 0.4) is 0 Å². The van der Waals surface area contributed by atoms with E-state index in [1.54, 1.807) is 31.0 Å². The fraction of sp³-hybridized carbons (Fsp3) is 0.583. The van der Waals surface area contributed by atoms with Gasteiger partial charge in [-0.25, -0.2) is 0 Å². The number of hydrogen-bond donors (Lipinski definition) is 0. The van der Waals surface area contributed by atoms with Gasteiger partial charge in [-0.15, -0.1) is 0 Å². The van der Waals surface area contributed by atoms with Crippen molar-refractivity contribution in [1.82, 2.24) is 19.9 Å². The van der Waals surface area contributed by atoms with E-state index in [2.05, 4.69) is 15.2 Å². The molecule has 1 saturated carbocycles. The molecule has 2 aromatic heterocycles. The largest absolute Gasteiger partial charge is 0.401 e. The van der Waals surface area contributed by atoms with Crippen LogP contribution in [0.5, 0.6) is 0 Å². The fourth-order valence-electron chi connectivity index (χ4n) is 2.17. The van der Waals surface area contributed by atoms with Gasteiger partial charge in [0.1, 0.15) is 5.41 Å². The standard InChI is InChI=1S/C12H13F3N4O/c1-7(8-5-16-19(2)6-8)9-17-10(18-20-9)11(3-4-11)12(13,14)15/h5-7H,3-4H2,1-2H3. The molecule has 2 aromatic rings. The maximum atomic E-state index is 13.0. The lowest BCUT2D eigenvalue weighted by molar-refractivity contribution is -0.162. The van der Waals surface area contributed by atoms with E-state index in [-0.39, 0.29) is 30.5 Å². The Bertz CT molecular complexity index is 627. The van der Waals surface area contributed by atoms with Crippen molar-refractivity contribution in [1.29, 1.82) is 0 Å². The van der Waals surface area contributed by atoms with Crippen LogP contribution >= 0.6 is 0 Å². The predicted molar refractivity (Wildman–Crippen MR) is 62.0 cm³/mol. The molecule has 5 nitrogen and oxygen atoms in total. The molecular weight excluding hydrogens is 273 g/mol. The van der Waals surface area contributed by atoms with Crippen molar-refractivity contribution >= 4 is 0 Å². The number of alkyl halides is 3. The molecule has 0 saturated heterocycles. The summed E-state index contributed by atoms with van der Waals surface area (Å²) < 4.78 is 45.6. The highest BCUT2D eigenvalue weighted by atomic mass is 19.4. The van der Waals surface area contributed by atoms with E-state index < -0.39 is 11.6 Å². The maximum absolute atomic E-state index is 13.0. The van der Waals surface area contributed by atoms with Crippen LogP contribution in [0.2, 0.25) is 0 Å². The highest BCUT2D eigenvalue weighted by Gasteiger charge is 2.67. The van der Waals surface area contributed by atoms with Crippen molar-refractivity contribution in [2.45, 2.75) is 37.3 Å². The first-order valence-corrected chi connectivity index (χ1v) is 6.23. The Balaban J connectivity index is 1.88. The zero-order chi connectivity index (χ0) is 14.5. The predicted octanol–water partition coefficient (Wildman–Crippen LogP) is 2.55. The molecule has 0 spiro atoms. The minimum atomic E-state index is -4.33. The second-order valence-corrected chi connectivity index (χ2v) is 5.21. The molecule has 0 aliphatic heterocycles. The van der Waals surface area contributed by atoms with Gasteiger partial charge < -0.3 is 4.52 Å². The van der Waals surface area contributed by atoms with Gasteiger partial charge in [-0.2, -0.15) is 23.3 Å². The average Bonchev–Trinajstić information content (AvgIpc) is 2.86. The molecule has 1 fully saturated rings. The van der Waals surface area contributed by atoms with E-state index >= 15 is 0 Å². The summed E-state index contributed by atoms with van der Waals surface area (Å²) in [5, 5.41) is 7.55. The van der Waals surface area contributed by atoms with Crippen LogP contribution in [-0.2, 0) is 12.5 Å². The number of halogens is 3. The van der Waals surface area contributed by atoms with Gasteiger partial charge in [0.25, 0.3) is 0 Å². The summed E-state index contributed by atoms with van der Waals surface area (Å²) in [5.74, 6) is -0.353. The second kappa shape index (κ2) is 4.07. The average molecular weight is 286 g/mol. The zero-order valence-corrected chi connectivity index (χ0v) is 11.0. The Morgan fingerprint density at radius 2 is 2.10 bits per heavy atom. The Morgan fingerprint density at radius 3 is 2.60 bits per heavy atom. The monoisotopic (exact) mass is 286 g/mol. The number of aromatic nitrogens is 4. The van der Waals surface area contributed by atoms with Gasteiger partial charge in [0, 0.05) is 18.8 Å². The molecule has 2 heterocycles. The molecule has 1 atom stereocenters. The Labute approximate surface area is 112 Å². The lowest BCUT2D eigenvalue weighted by Crippen LogP contribution is -2.29. The van der Waals surface area contributed by atoms with E-state index in [1.165, 1.54) is 0 Å². The summed E-state index contributed by atoms with van der Waals surface area (Å²) in [4.78, 5) is 3.96. The fourth-order valence-corrected chi connectivity index (χ4v) is 2.17. The molecular formula is C12H13F3N4O. The minimum Gasteiger partial charge on any atom is -0.339 e. The second-order valence-electron chi connectivity index (χ2n) is 5.21. The number of nitrogens with zero attached hydrogens (tertiary/aromatic N) is 4. The van der Waals surface area contributed by atoms with Gasteiger partial charge in [0.05, 0.1) is 12.1 Å². The van der Waals surface area contributed by atoms with Gasteiger partial charge >= 0.3 is 6.18 Å². The van der Waals surface area contributed by atoms with Crippen LogP contribution in [0.25, 0.3) is 0 Å². The number of hydrogen-bond acceptors (Lipinski definition) is 4. The van der Waals surface area contributed by atoms with Crippen molar-refractivity contribution in [3.05, 3.63) is 29.7 Å². The lowest BCUT2D eigenvalue weighted by atomic mass is 10.0.